The fourth-order valence-electron chi connectivity index (χ4n) is 3.24. The van der Waals surface area contributed by atoms with Crippen molar-refractivity contribution in [2.45, 2.75) is 70.6 Å². The van der Waals surface area contributed by atoms with Crippen LogP contribution in [0, 0.1) is 5.92 Å². The summed E-state index contributed by atoms with van der Waals surface area (Å²) in [6, 6.07) is -0.0281. The Morgan fingerprint density at radius 3 is 2.53 bits per heavy atom. The van der Waals surface area contributed by atoms with Crippen molar-refractivity contribution in [1.29, 1.82) is 0 Å². The van der Waals surface area contributed by atoms with Crippen molar-refractivity contribution in [1.82, 2.24) is 4.90 Å². The number of rotatable bonds is 4. The summed E-state index contributed by atoms with van der Waals surface area (Å²) in [5.41, 5.74) is 5.81. The van der Waals surface area contributed by atoms with Crippen molar-refractivity contribution >= 4 is 5.91 Å². The summed E-state index contributed by atoms with van der Waals surface area (Å²) in [5, 5.41) is 0. The first kappa shape index (κ1) is 14.8. The standard InChI is InChI=1S/C15H28N2O2/c1-11-5-7-13(8-6-11)17(15(18)12(2)16)10-14-4-3-9-19-14/h11-14H,3-10,16H2,1-2H3/t11?,12-,13?,14?/m0/s1. The highest BCUT2D eigenvalue weighted by Gasteiger charge is 2.31. The Kier molecular flexibility index (Phi) is 5.22. The summed E-state index contributed by atoms with van der Waals surface area (Å²) in [4.78, 5) is 14.4. The number of nitrogens with two attached hydrogens (primary N) is 1. The number of carbonyl (C=O) groups is 1. The van der Waals surface area contributed by atoms with Crippen molar-refractivity contribution in [2.75, 3.05) is 13.2 Å². The maximum atomic E-state index is 12.4. The van der Waals surface area contributed by atoms with Crippen LogP contribution in [0.15, 0.2) is 0 Å². The van der Waals surface area contributed by atoms with E-state index in [2.05, 4.69) is 6.92 Å². The van der Waals surface area contributed by atoms with Gasteiger partial charge in [-0.25, -0.2) is 0 Å². The van der Waals surface area contributed by atoms with Crippen LogP contribution in [0.1, 0.15) is 52.4 Å². The molecule has 1 amide bonds. The third-order valence-electron chi connectivity index (χ3n) is 4.52. The zero-order chi connectivity index (χ0) is 13.8. The molecule has 2 fully saturated rings. The molecule has 0 aromatic rings. The second-order valence-electron chi connectivity index (χ2n) is 6.33. The number of ether oxygens (including phenoxy) is 1. The van der Waals surface area contributed by atoms with Crippen LogP contribution in [0.3, 0.4) is 0 Å². The molecule has 4 nitrogen and oxygen atoms in total. The van der Waals surface area contributed by atoms with Gasteiger partial charge >= 0.3 is 0 Å². The van der Waals surface area contributed by atoms with Gasteiger partial charge in [0.2, 0.25) is 5.91 Å². The zero-order valence-electron chi connectivity index (χ0n) is 12.3. The van der Waals surface area contributed by atoms with Gasteiger partial charge in [-0.1, -0.05) is 6.92 Å². The summed E-state index contributed by atoms with van der Waals surface area (Å²) in [7, 11) is 0. The molecule has 1 aliphatic heterocycles. The predicted molar refractivity (Wildman–Crippen MR) is 75.8 cm³/mol. The van der Waals surface area contributed by atoms with E-state index in [1.54, 1.807) is 6.92 Å². The summed E-state index contributed by atoms with van der Waals surface area (Å²) >= 11 is 0. The van der Waals surface area contributed by atoms with Crippen LogP contribution >= 0.6 is 0 Å². The smallest absolute Gasteiger partial charge is 0.239 e. The normalized spacial score (nSPS) is 33.1. The molecule has 2 atom stereocenters. The third kappa shape index (κ3) is 3.93. The number of nitrogens with zero attached hydrogens (tertiary/aromatic N) is 1. The van der Waals surface area contributed by atoms with Crippen molar-refractivity contribution in [3.05, 3.63) is 0 Å². The Hall–Kier alpha value is -0.610. The molecule has 1 heterocycles. The van der Waals surface area contributed by atoms with E-state index in [1.165, 1.54) is 12.8 Å². The summed E-state index contributed by atoms with van der Waals surface area (Å²) in [6.45, 7) is 5.66. The molecule has 1 saturated heterocycles. The lowest BCUT2D eigenvalue weighted by atomic mass is 9.86. The van der Waals surface area contributed by atoms with Gasteiger partial charge in [-0.05, 0) is 51.4 Å². The second kappa shape index (κ2) is 6.71. The number of hydrogen-bond acceptors (Lipinski definition) is 3. The lowest BCUT2D eigenvalue weighted by Crippen LogP contribution is -2.51. The fourth-order valence-corrected chi connectivity index (χ4v) is 3.24. The van der Waals surface area contributed by atoms with Crippen molar-refractivity contribution in [3.63, 3.8) is 0 Å². The Labute approximate surface area is 116 Å². The zero-order valence-corrected chi connectivity index (χ0v) is 12.3. The first-order valence-corrected chi connectivity index (χ1v) is 7.75. The molecule has 0 spiro atoms. The average molecular weight is 268 g/mol. The van der Waals surface area contributed by atoms with Gasteiger partial charge in [0.1, 0.15) is 0 Å². The van der Waals surface area contributed by atoms with E-state index < -0.39 is 6.04 Å². The largest absolute Gasteiger partial charge is 0.376 e. The van der Waals surface area contributed by atoms with Crippen molar-refractivity contribution < 1.29 is 9.53 Å². The molecule has 1 aliphatic carbocycles. The number of amides is 1. The van der Waals surface area contributed by atoms with E-state index in [0.717, 1.165) is 44.8 Å². The van der Waals surface area contributed by atoms with E-state index in [0.29, 0.717) is 6.04 Å². The maximum Gasteiger partial charge on any atom is 0.239 e. The van der Waals surface area contributed by atoms with Gasteiger partial charge in [-0.3, -0.25) is 4.79 Å². The molecule has 0 aromatic carbocycles. The Morgan fingerprint density at radius 1 is 1.32 bits per heavy atom. The highest BCUT2D eigenvalue weighted by atomic mass is 16.5. The SMILES string of the molecule is CC1CCC(N(CC2CCCO2)C(=O)[C@H](C)N)CC1. The van der Waals surface area contributed by atoms with Gasteiger partial charge in [0.25, 0.3) is 0 Å². The van der Waals surface area contributed by atoms with Crippen LogP contribution in [0.4, 0.5) is 0 Å². The molecule has 0 radical (unpaired) electrons. The van der Waals surface area contributed by atoms with E-state index in [1.807, 2.05) is 4.90 Å². The molecular formula is C15H28N2O2. The topological polar surface area (TPSA) is 55.6 Å². The average Bonchev–Trinajstić information content (AvgIpc) is 2.89. The molecule has 19 heavy (non-hydrogen) atoms. The molecule has 1 unspecified atom stereocenters. The lowest BCUT2D eigenvalue weighted by Gasteiger charge is -2.38. The Bertz CT molecular complexity index is 293. The van der Waals surface area contributed by atoms with Crippen LogP contribution < -0.4 is 5.73 Å². The van der Waals surface area contributed by atoms with Crippen LogP contribution in [-0.2, 0) is 9.53 Å². The molecular weight excluding hydrogens is 240 g/mol. The Balaban J connectivity index is 1.98. The summed E-state index contributed by atoms with van der Waals surface area (Å²) in [5.74, 6) is 0.890. The molecule has 2 aliphatic rings. The van der Waals surface area contributed by atoms with Gasteiger partial charge in [0, 0.05) is 19.2 Å². The van der Waals surface area contributed by atoms with Gasteiger partial charge in [0.05, 0.1) is 12.1 Å². The molecule has 4 heteroatoms. The van der Waals surface area contributed by atoms with Gasteiger partial charge < -0.3 is 15.4 Å². The van der Waals surface area contributed by atoms with Crippen molar-refractivity contribution in [3.8, 4) is 0 Å². The number of hydrogen-bond donors (Lipinski definition) is 1. The van der Waals surface area contributed by atoms with Crippen LogP contribution in [0.2, 0.25) is 0 Å². The van der Waals surface area contributed by atoms with Crippen LogP contribution in [0.5, 0.6) is 0 Å². The molecule has 2 rings (SSSR count). The first-order valence-electron chi connectivity index (χ1n) is 7.75. The molecule has 2 N–H and O–H groups in total. The predicted octanol–water partition coefficient (Wildman–Crippen LogP) is 1.92. The fraction of sp³-hybridized carbons (Fsp3) is 0.933. The summed E-state index contributed by atoms with van der Waals surface area (Å²) in [6.07, 6.45) is 7.09. The number of carbonyl (C=O) groups excluding carboxylic acids is 1. The van der Waals surface area contributed by atoms with E-state index in [9.17, 15) is 4.79 Å². The second-order valence-corrected chi connectivity index (χ2v) is 6.33. The van der Waals surface area contributed by atoms with Crippen LogP contribution in [-0.4, -0.2) is 42.1 Å². The van der Waals surface area contributed by atoms with E-state index in [-0.39, 0.29) is 12.0 Å². The monoisotopic (exact) mass is 268 g/mol. The first-order chi connectivity index (χ1) is 9.08. The molecule has 110 valence electrons. The highest BCUT2D eigenvalue weighted by Crippen LogP contribution is 2.28. The summed E-state index contributed by atoms with van der Waals surface area (Å²) < 4.78 is 5.69. The highest BCUT2D eigenvalue weighted by molar-refractivity contribution is 5.81. The Morgan fingerprint density at radius 2 is 2.00 bits per heavy atom. The minimum absolute atomic E-state index is 0.0926. The van der Waals surface area contributed by atoms with E-state index >= 15 is 0 Å². The maximum absolute atomic E-state index is 12.4. The van der Waals surface area contributed by atoms with Crippen molar-refractivity contribution in [2.24, 2.45) is 11.7 Å². The molecule has 0 aromatic heterocycles. The molecule has 0 bridgehead atoms. The minimum Gasteiger partial charge on any atom is -0.376 e. The van der Waals surface area contributed by atoms with Gasteiger partial charge in [0.15, 0.2) is 0 Å². The lowest BCUT2D eigenvalue weighted by molar-refractivity contribution is -0.137. The van der Waals surface area contributed by atoms with E-state index in [4.69, 9.17) is 10.5 Å². The van der Waals surface area contributed by atoms with Gasteiger partial charge in [-0.2, -0.15) is 0 Å². The minimum atomic E-state index is -0.402. The van der Waals surface area contributed by atoms with Crippen LogP contribution in [0.25, 0.3) is 0 Å². The third-order valence-corrected chi connectivity index (χ3v) is 4.52. The quantitative estimate of drug-likeness (QED) is 0.847. The molecule has 1 saturated carbocycles. The van der Waals surface area contributed by atoms with Gasteiger partial charge in [-0.15, -0.1) is 0 Å².